The van der Waals surface area contributed by atoms with E-state index in [1.807, 2.05) is 19.1 Å². The van der Waals surface area contributed by atoms with Crippen LogP contribution < -0.4 is 5.32 Å². The summed E-state index contributed by atoms with van der Waals surface area (Å²) in [5, 5.41) is 2.74. The normalized spacial score (nSPS) is 14.5. The Morgan fingerprint density at radius 2 is 2.09 bits per heavy atom. The quantitative estimate of drug-likeness (QED) is 0.871. The van der Waals surface area contributed by atoms with Crippen molar-refractivity contribution in [1.29, 1.82) is 0 Å². The van der Waals surface area contributed by atoms with Gasteiger partial charge in [0.1, 0.15) is 0 Å². The molecule has 5 nitrogen and oxygen atoms in total. The maximum absolute atomic E-state index is 12.0. The van der Waals surface area contributed by atoms with Gasteiger partial charge in [0.05, 0.1) is 0 Å². The van der Waals surface area contributed by atoms with Crippen LogP contribution in [-0.4, -0.2) is 29.2 Å². The molecule has 0 aromatic heterocycles. The first-order valence-electron chi connectivity index (χ1n) is 7.05. The number of imide groups is 1. The predicted octanol–water partition coefficient (Wildman–Crippen LogP) is 2.28. The van der Waals surface area contributed by atoms with Gasteiger partial charge in [0.2, 0.25) is 5.91 Å². The average Bonchev–Trinajstić information content (AvgIpc) is 2.47. The van der Waals surface area contributed by atoms with Gasteiger partial charge in [0, 0.05) is 25.2 Å². The fourth-order valence-corrected chi connectivity index (χ4v) is 2.13. The monoisotopic (exact) mass is 298 g/mol. The Kier molecular flexibility index (Phi) is 4.88. The summed E-state index contributed by atoms with van der Waals surface area (Å²) in [4.78, 5) is 36.0. The molecule has 0 unspecified atom stereocenters. The summed E-state index contributed by atoms with van der Waals surface area (Å²) >= 11 is 0. The molecule has 1 heterocycles. The number of nitrogens with one attached hydrogen (secondary N) is 1. The third kappa shape index (κ3) is 3.91. The maximum atomic E-state index is 12.0. The first-order valence-corrected chi connectivity index (χ1v) is 7.05. The van der Waals surface area contributed by atoms with Crippen LogP contribution in [0.25, 0.3) is 6.08 Å². The largest absolute Gasteiger partial charge is 0.326 e. The second kappa shape index (κ2) is 6.85. The number of hydrogen-bond acceptors (Lipinski definition) is 3. The van der Waals surface area contributed by atoms with Gasteiger partial charge in [-0.3, -0.25) is 19.3 Å². The van der Waals surface area contributed by atoms with E-state index in [4.69, 9.17) is 0 Å². The second-order valence-corrected chi connectivity index (χ2v) is 5.11. The highest BCUT2D eigenvalue weighted by Gasteiger charge is 2.18. The van der Waals surface area contributed by atoms with Crippen molar-refractivity contribution in [1.82, 2.24) is 4.90 Å². The van der Waals surface area contributed by atoms with Gasteiger partial charge >= 0.3 is 0 Å². The van der Waals surface area contributed by atoms with Gasteiger partial charge in [-0.2, -0.15) is 0 Å². The van der Waals surface area contributed by atoms with Crippen molar-refractivity contribution in [2.45, 2.75) is 20.3 Å². The third-order valence-electron chi connectivity index (χ3n) is 3.30. The number of carbonyl (C=O) groups excluding carboxylic acids is 3. The Balaban J connectivity index is 2.12. The summed E-state index contributed by atoms with van der Waals surface area (Å²) in [6, 6.07) is 5.50. The van der Waals surface area contributed by atoms with Crippen molar-refractivity contribution in [3.05, 3.63) is 47.6 Å². The van der Waals surface area contributed by atoms with Crippen molar-refractivity contribution < 1.29 is 14.4 Å². The maximum Gasteiger partial charge on any atom is 0.253 e. The van der Waals surface area contributed by atoms with E-state index in [0.29, 0.717) is 18.7 Å². The van der Waals surface area contributed by atoms with E-state index < -0.39 is 0 Å². The van der Waals surface area contributed by atoms with E-state index in [-0.39, 0.29) is 17.7 Å². The molecule has 0 spiro atoms. The third-order valence-corrected chi connectivity index (χ3v) is 3.30. The van der Waals surface area contributed by atoms with E-state index in [1.165, 1.54) is 24.0 Å². The molecule has 0 radical (unpaired) electrons. The molecule has 2 rings (SSSR count). The molecular weight excluding hydrogens is 280 g/mol. The van der Waals surface area contributed by atoms with Crippen LogP contribution in [0.3, 0.4) is 0 Å². The van der Waals surface area contributed by atoms with E-state index in [9.17, 15) is 14.4 Å². The zero-order chi connectivity index (χ0) is 16.1. The number of amides is 3. The minimum atomic E-state index is -0.337. The highest BCUT2D eigenvalue weighted by atomic mass is 16.2. The molecular formula is C17H18N2O3. The van der Waals surface area contributed by atoms with Gasteiger partial charge in [0.15, 0.2) is 0 Å². The van der Waals surface area contributed by atoms with Crippen LogP contribution in [0, 0.1) is 6.92 Å². The van der Waals surface area contributed by atoms with Gasteiger partial charge in [-0.1, -0.05) is 18.2 Å². The fraction of sp³-hybridized carbons (Fsp3) is 0.235. The zero-order valence-corrected chi connectivity index (χ0v) is 12.6. The molecule has 1 aliphatic heterocycles. The number of nitrogens with zero attached hydrogens (tertiary/aromatic N) is 1. The summed E-state index contributed by atoms with van der Waals surface area (Å²) in [5.41, 5.74) is 2.43. The van der Waals surface area contributed by atoms with Crippen molar-refractivity contribution >= 4 is 29.5 Å². The Morgan fingerprint density at radius 1 is 1.32 bits per heavy atom. The summed E-state index contributed by atoms with van der Waals surface area (Å²) in [6.07, 6.45) is 6.87. The molecule has 0 saturated carbocycles. The summed E-state index contributed by atoms with van der Waals surface area (Å²) in [7, 11) is 0. The highest BCUT2D eigenvalue weighted by molar-refractivity contribution is 6.07. The lowest BCUT2D eigenvalue weighted by atomic mass is 10.1. The molecule has 0 atom stereocenters. The molecule has 114 valence electrons. The van der Waals surface area contributed by atoms with Crippen LogP contribution in [0.1, 0.15) is 24.5 Å². The standard InChI is InChI=1S/C17H18N2O3/c1-12-6-7-14(11-15(12)18-13(2)20)8-9-17(22)19-10-4-3-5-16(19)21/h3,5-9,11H,4,10H2,1-2H3,(H,18,20)/b9-8+. The Bertz CT molecular complexity index is 674. The zero-order valence-electron chi connectivity index (χ0n) is 12.6. The van der Waals surface area contributed by atoms with Gasteiger partial charge in [-0.15, -0.1) is 0 Å². The Labute approximate surface area is 129 Å². The SMILES string of the molecule is CC(=O)Nc1cc(/C=C/C(=O)N2CCC=CC2=O)ccc1C. The highest BCUT2D eigenvalue weighted by Crippen LogP contribution is 2.18. The van der Waals surface area contributed by atoms with Crippen LogP contribution in [0.5, 0.6) is 0 Å². The van der Waals surface area contributed by atoms with Crippen molar-refractivity contribution in [3.63, 3.8) is 0 Å². The number of hydrogen-bond donors (Lipinski definition) is 1. The topological polar surface area (TPSA) is 66.5 Å². The fourth-order valence-electron chi connectivity index (χ4n) is 2.13. The van der Waals surface area contributed by atoms with Gasteiger partial charge < -0.3 is 5.32 Å². The summed E-state index contributed by atoms with van der Waals surface area (Å²) in [5.74, 6) is -0.772. The molecule has 1 aliphatic rings. The molecule has 0 saturated heterocycles. The molecule has 0 bridgehead atoms. The summed E-state index contributed by atoms with van der Waals surface area (Å²) in [6.45, 7) is 3.74. The van der Waals surface area contributed by atoms with Crippen molar-refractivity contribution in [3.8, 4) is 0 Å². The molecule has 1 aromatic carbocycles. The van der Waals surface area contributed by atoms with Crippen molar-refractivity contribution in [2.24, 2.45) is 0 Å². The van der Waals surface area contributed by atoms with Gasteiger partial charge in [-0.05, 0) is 42.7 Å². The smallest absolute Gasteiger partial charge is 0.253 e. The van der Waals surface area contributed by atoms with E-state index >= 15 is 0 Å². The average molecular weight is 298 g/mol. The minimum Gasteiger partial charge on any atom is -0.326 e. The molecule has 3 amide bonds. The molecule has 0 aliphatic carbocycles. The number of anilines is 1. The summed E-state index contributed by atoms with van der Waals surface area (Å²) < 4.78 is 0. The minimum absolute atomic E-state index is 0.147. The van der Waals surface area contributed by atoms with Crippen molar-refractivity contribution in [2.75, 3.05) is 11.9 Å². The first kappa shape index (κ1) is 15.7. The Morgan fingerprint density at radius 3 is 2.77 bits per heavy atom. The van der Waals surface area contributed by atoms with Crippen LogP contribution in [-0.2, 0) is 14.4 Å². The Hall–Kier alpha value is -2.69. The number of carbonyl (C=O) groups is 3. The van der Waals surface area contributed by atoms with E-state index in [2.05, 4.69) is 5.32 Å². The lowest BCUT2D eigenvalue weighted by Crippen LogP contribution is -2.37. The van der Waals surface area contributed by atoms with E-state index in [1.54, 1.807) is 18.2 Å². The van der Waals surface area contributed by atoms with Crippen LogP contribution >= 0.6 is 0 Å². The van der Waals surface area contributed by atoms with Gasteiger partial charge in [0.25, 0.3) is 11.8 Å². The predicted molar refractivity (Wildman–Crippen MR) is 85.0 cm³/mol. The second-order valence-electron chi connectivity index (χ2n) is 5.11. The first-order chi connectivity index (χ1) is 10.5. The van der Waals surface area contributed by atoms with Crippen LogP contribution in [0.2, 0.25) is 0 Å². The number of benzene rings is 1. The molecule has 22 heavy (non-hydrogen) atoms. The number of rotatable bonds is 3. The molecule has 1 N–H and O–H groups in total. The lowest BCUT2D eigenvalue weighted by molar-refractivity contribution is -0.139. The lowest BCUT2D eigenvalue weighted by Gasteiger charge is -2.19. The van der Waals surface area contributed by atoms with Gasteiger partial charge in [-0.25, -0.2) is 0 Å². The van der Waals surface area contributed by atoms with E-state index in [0.717, 1.165) is 11.1 Å². The molecule has 5 heteroatoms. The van der Waals surface area contributed by atoms with Crippen LogP contribution in [0.4, 0.5) is 5.69 Å². The number of aryl methyl sites for hydroxylation is 1. The molecule has 1 aromatic rings. The molecule has 0 fully saturated rings. The van der Waals surface area contributed by atoms with Crippen LogP contribution in [0.15, 0.2) is 36.4 Å².